The van der Waals surface area contributed by atoms with Crippen LogP contribution in [0.4, 0.5) is 17.1 Å². The molecule has 1 aliphatic heterocycles. The number of nitrogens with zero attached hydrogens (tertiary/aromatic N) is 1. The zero-order chi connectivity index (χ0) is 37.1. The van der Waals surface area contributed by atoms with Gasteiger partial charge in [0.2, 0.25) is 0 Å². The average molecular weight is 718 g/mol. The van der Waals surface area contributed by atoms with E-state index in [1.807, 2.05) is 24.3 Å². The number of furan rings is 2. The summed E-state index contributed by atoms with van der Waals surface area (Å²) in [5.74, 6) is 0. The van der Waals surface area contributed by atoms with Crippen molar-refractivity contribution in [3.8, 4) is 33.4 Å². The van der Waals surface area contributed by atoms with Crippen LogP contribution >= 0.6 is 0 Å². The van der Waals surface area contributed by atoms with E-state index < -0.39 is 0 Å². The van der Waals surface area contributed by atoms with Gasteiger partial charge in [-0.3, -0.25) is 0 Å². The van der Waals surface area contributed by atoms with Gasteiger partial charge in [0.15, 0.2) is 0 Å². The van der Waals surface area contributed by atoms with Gasteiger partial charge >= 0.3 is 0 Å². The van der Waals surface area contributed by atoms with Gasteiger partial charge < -0.3 is 13.7 Å². The van der Waals surface area contributed by atoms with Crippen molar-refractivity contribution in [3.05, 3.63) is 186 Å². The molecule has 0 radical (unpaired) electrons. The average Bonchev–Trinajstić information content (AvgIpc) is 3.84. The Hall–Kier alpha value is -7.10. The second-order valence-corrected chi connectivity index (χ2v) is 15.7. The summed E-state index contributed by atoms with van der Waals surface area (Å²) in [4.78, 5) is 2.45. The van der Waals surface area contributed by atoms with E-state index in [9.17, 15) is 0 Å². The number of hydrogen-bond donors (Lipinski definition) is 0. The number of hydrogen-bond acceptors (Lipinski definition) is 3. The first kappa shape index (κ1) is 31.3. The van der Waals surface area contributed by atoms with E-state index in [1.165, 1.54) is 22.3 Å². The van der Waals surface area contributed by atoms with E-state index in [0.717, 1.165) is 94.3 Å². The van der Waals surface area contributed by atoms with Crippen molar-refractivity contribution in [1.29, 1.82) is 0 Å². The van der Waals surface area contributed by atoms with Crippen LogP contribution in [-0.2, 0) is 5.41 Å². The lowest BCUT2D eigenvalue weighted by molar-refractivity contribution is 0.660. The predicted molar refractivity (Wildman–Crippen MR) is 233 cm³/mol. The maximum absolute atomic E-state index is 6.51. The summed E-state index contributed by atoms with van der Waals surface area (Å²) in [6, 6.07) is 59.1. The third kappa shape index (κ3) is 4.40. The Labute approximate surface area is 324 Å². The van der Waals surface area contributed by atoms with Crippen LogP contribution in [0.5, 0.6) is 0 Å². The molecule has 8 aromatic carbocycles. The van der Waals surface area contributed by atoms with Crippen LogP contribution in [0.15, 0.2) is 173 Å². The third-order valence-corrected chi connectivity index (χ3v) is 12.2. The van der Waals surface area contributed by atoms with E-state index in [1.54, 1.807) is 0 Å². The highest BCUT2D eigenvalue weighted by Gasteiger charge is 2.36. The second-order valence-electron chi connectivity index (χ2n) is 15.7. The number of fused-ring (bicyclic) bond motifs is 11. The molecule has 2 aliphatic rings. The Balaban J connectivity index is 1.06. The van der Waals surface area contributed by atoms with Crippen molar-refractivity contribution < 1.29 is 8.83 Å². The number of rotatable bonds is 3. The Kier molecular flexibility index (Phi) is 6.40. The molecule has 0 fully saturated rings. The fourth-order valence-corrected chi connectivity index (χ4v) is 9.49. The normalized spacial score (nSPS) is 13.9. The van der Waals surface area contributed by atoms with Gasteiger partial charge in [0.25, 0.3) is 0 Å². The van der Waals surface area contributed by atoms with Crippen molar-refractivity contribution in [2.45, 2.75) is 19.3 Å². The van der Waals surface area contributed by atoms with Gasteiger partial charge in [0.05, 0.1) is 11.4 Å². The van der Waals surface area contributed by atoms with Crippen LogP contribution < -0.4 is 4.90 Å². The third-order valence-electron chi connectivity index (χ3n) is 12.2. The minimum atomic E-state index is -0.123. The van der Waals surface area contributed by atoms with Gasteiger partial charge in [-0.1, -0.05) is 141 Å². The van der Waals surface area contributed by atoms with Crippen molar-refractivity contribution in [1.82, 2.24) is 0 Å². The molecule has 10 aromatic rings. The molecular formula is C53H35NO2. The van der Waals surface area contributed by atoms with Crippen molar-refractivity contribution in [3.63, 3.8) is 0 Å². The SMILES string of the molecule is CC1(C)c2ccccc2-c2ccc(N3c4ccc(-c5cccc6c5oc5ccccc56)cc4C=Cc4cc(-c5cccc6c5oc5ccccc56)ccc43)cc21. The molecule has 0 spiro atoms. The first-order valence-electron chi connectivity index (χ1n) is 19.3. The zero-order valence-corrected chi connectivity index (χ0v) is 31.0. The lowest BCUT2D eigenvalue weighted by Gasteiger charge is -2.29. The van der Waals surface area contributed by atoms with Gasteiger partial charge in [0.1, 0.15) is 22.3 Å². The topological polar surface area (TPSA) is 29.5 Å². The molecule has 3 heterocycles. The van der Waals surface area contributed by atoms with Crippen LogP contribution in [0, 0.1) is 0 Å². The van der Waals surface area contributed by atoms with Gasteiger partial charge in [-0.15, -0.1) is 0 Å². The molecule has 3 heteroatoms. The zero-order valence-electron chi connectivity index (χ0n) is 31.0. The van der Waals surface area contributed by atoms with Crippen LogP contribution in [0.2, 0.25) is 0 Å². The highest BCUT2D eigenvalue weighted by Crippen LogP contribution is 2.52. The van der Waals surface area contributed by atoms with Crippen molar-refractivity contribution in [2.75, 3.05) is 4.90 Å². The summed E-state index contributed by atoms with van der Waals surface area (Å²) in [5, 5.41) is 4.53. The predicted octanol–water partition coefficient (Wildman–Crippen LogP) is 15.1. The fourth-order valence-electron chi connectivity index (χ4n) is 9.49. The summed E-state index contributed by atoms with van der Waals surface area (Å²) in [6.07, 6.45) is 4.55. The smallest absolute Gasteiger partial charge is 0.143 e. The molecule has 1 aliphatic carbocycles. The standard InChI is InChI=1S/C53H35NO2/c1-53(2)45-18-6-3-11-39(45)40-26-25-36(31-46(40)53)54-47-27-23-32(37-14-9-16-43-41-12-4-7-19-49(41)55-51(37)43)29-34(47)21-22-35-30-33(24-28-48(35)54)38-15-10-17-44-42-13-5-8-20-50(42)56-52(38)44/h3-31H,1-2H3. The van der Waals surface area contributed by atoms with Gasteiger partial charge in [-0.25, -0.2) is 0 Å². The minimum Gasteiger partial charge on any atom is -0.455 e. The van der Waals surface area contributed by atoms with Crippen LogP contribution in [-0.4, -0.2) is 0 Å². The largest absolute Gasteiger partial charge is 0.455 e. The molecule has 0 unspecified atom stereocenters. The molecule has 0 atom stereocenters. The summed E-state index contributed by atoms with van der Waals surface area (Å²) in [5.41, 5.74) is 18.9. The summed E-state index contributed by atoms with van der Waals surface area (Å²) in [7, 11) is 0. The minimum absolute atomic E-state index is 0.123. The summed E-state index contributed by atoms with van der Waals surface area (Å²) in [6.45, 7) is 4.70. The van der Waals surface area contributed by atoms with Crippen LogP contribution in [0.3, 0.4) is 0 Å². The lowest BCUT2D eigenvalue weighted by atomic mass is 9.82. The van der Waals surface area contributed by atoms with E-state index in [-0.39, 0.29) is 5.41 Å². The molecule has 0 N–H and O–H groups in total. The van der Waals surface area contributed by atoms with Gasteiger partial charge in [-0.05, 0) is 93.0 Å². The molecule has 2 aromatic heterocycles. The van der Waals surface area contributed by atoms with E-state index in [0.29, 0.717) is 0 Å². The maximum atomic E-state index is 6.51. The van der Waals surface area contributed by atoms with Crippen molar-refractivity contribution in [2.24, 2.45) is 0 Å². The van der Waals surface area contributed by atoms with E-state index >= 15 is 0 Å². The highest BCUT2D eigenvalue weighted by molar-refractivity contribution is 6.11. The molecule has 0 amide bonds. The molecule has 3 nitrogen and oxygen atoms in total. The Morgan fingerprint density at radius 3 is 1.52 bits per heavy atom. The van der Waals surface area contributed by atoms with Gasteiger partial charge in [-0.2, -0.15) is 0 Å². The molecule has 0 bridgehead atoms. The maximum Gasteiger partial charge on any atom is 0.143 e. The lowest BCUT2D eigenvalue weighted by Crippen LogP contribution is -2.17. The van der Waals surface area contributed by atoms with Crippen molar-refractivity contribution >= 4 is 73.1 Å². The monoisotopic (exact) mass is 717 g/mol. The number of benzene rings is 8. The molecule has 56 heavy (non-hydrogen) atoms. The fraction of sp³-hybridized carbons (Fsp3) is 0.0566. The van der Waals surface area contributed by atoms with Gasteiger partial charge in [0, 0.05) is 43.8 Å². The van der Waals surface area contributed by atoms with E-state index in [4.69, 9.17) is 8.83 Å². The highest BCUT2D eigenvalue weighted by atomic mass is 16.3. The summed E-state index contributed by atoms with van der Waals surface area (Å²) < 4.78 is 13.0. The molecule has 0 saturated heterocycles. The molecule has 264 valence electrons. The van der Waals surface area contributed by atoms with Crippen LogP contribution in [0.1, 0.15) is 36.1 Å². The molecule has 0 saturated carbocycles. The number of para-hydroxylation sites is 4. The Bertz CT molecular complexity index is 3130. The Morgan fingerprint density at radius 2 is 0.911 bits per heavy atom. The summed E-state index contributed by atoms with van der Waals surface area (Å²) >= 11 is 0. The second kappa shape index (κ2) is 11.5. The first-order chi connectivity index (χ1) is 27.5. The Morgan fingerprint density at radius 1 is 0.411 bits per heavy atom. The van der Waals surface area contributed by atoms with E-state index in [2.05, 4.69) is 170 Å². The first-order valence-corrected chi connectivity index (χ1v) is 19.3. The quantitative estimate of drug-likeness (QED) is 0.182. The van der Waals surface area contributed by atoms with Crippen LogP contribution in [0.25, 0.3) is 89.4 Å². The molecule has 12 rings (SSSR count). The molecular weight excluding hydrogens is 683 g/mol. The number of anilines is 3.